The summed E-state index contributed by atoms with van der Waals surface area (Å²) in [5.41, 5.74) is 9.89. The molecule has 0 amide bonds. The minimum atomic E-state index is -0.359. The number of pyridine rings is 1. The lowest BCUT2D eigenvalue weighted by Gasteiger charge is -2.15. The third-order valence-electron chi connectivity index (χ3n) is 3.74. The zero-order chi connectivity index (χ0) is 16.4. The van der Waals surface area contributed by atoms with Crippen molar-refractivity contribution in [3.63, 3.8) is 0 Å². The van der Waals surface area contributed by atoms with Gasteiger partial charge >= 0.3 is 0 Å². The monoisotopic (exact) mass is 303 g/mol. The van der Waals surface area contributed by atoms with E-state index in [9.17, 15) is 9.65 Å². The van der Waals surface area contributed by atoms with Gasteiger partial charge in [-0.1, -0.05) is 42.5 Å². The van der Waals surface area contributed by atoms with Crippen LogP contribution in [0.1, 0.15) is 11.1 Å². The smallest absolute Gasteiger partial charge is 0.142 e. The SMILES string of the molecule is Cc1c(-c2ccccc2)nc(N)c(C#N)c1-c1cccc(F)c1. The summed E-state index contributed by atoms with van der Waals surface area (Å²) < 4.78 is 13.6. The third kappa shape index (κ3) is 2.65. The van der Waals surface area contributed by atoms with Crippen molar-refractivity contribution in [2.45, 2.75) is 6.92 Å². The molecule has 2 N–H and O–H groups in total. The second kappa shape index (κ2) is 5.90. The van der Waals surface area contributed by atoms with Crippen molar-refractivity contribution in [3.8, 4) is 28.5 Å². The highest BCUT2D eigenvalue weighted by Gasteiger charge is 2.18. The predicted molar refractivity (Wildman–Crippen MR) is 88.9 cm³/mol. The molecule has 23 heavy (non-hydrogen) atoms. The van der Waals surface area contributed by atoms with Crippen LogP contribution in [0.3, 0.4) is 0 Å². The van der Waals surface area contributed by atoms with E-state index in [1.165, 1.54) is 12.1 Å². The number of hydrogen-bond donors (Lipinski definition) is 1. The van der Waals surface area contributed by atoms with Gasteiger partial charge in [0.15, 0.2) is 0 Å². The molecule has 0 unspecified atom stereocenters. The van der Waals surface area contributed by atoms with Crippen LogP contribution in [0, 0.1) is 24.1 Å². The van der Waals surface area contributed by atoms with Gasteiger partial charge in [-0.3, -0.25) is 0 Å². The van der Waals surface area contributed by atoms with E-state index in [2.05, 4.69) is 11.1 Å². The van der Waals surface area contributed by atoms with Crippen LogP contribution in [-0.2, 0) is 0 Å². The Labute approximate surface area is 133 Å². The van der Waals surface area contributed by atoms with E-state index in [1.807, 2.05) is 37.3 Å². The molecule has 1 aromatic heterocycles. The van der Waals surface area contributed by atoms with Gasteiger partial charge in [0.25, 0.3) is 0 Å². The van der Waals surface area contributed by atoms with Crippen molar-refractivity contribution >= 4 is 5.82 Å². The average Bonchev–Trinajstić information content (AvgIpc) is 2.57. The zero-order valence-corrected chi connectivity index (χ0v) is 12.5. The molecule has 0 saturated carbocycles. The Morgan fingerprint density at radius 2 is 1.74 bits per heavy atom. The fourth-order valence-corrected chi connectivity index (χ4v) is 2.69. The van der Waals surface area contributed by atoms with Gasteiger partial charge in [-0.25, -0.2) is 9.37 Å². The second-order valence-electron chi connectivity index (χ2n) is 5.21. The fourth-order valence-electron chi connectivity index (χ4n) is 2.69. The summed E-state index contributed by atoms with van der Waals surface area (Å²) in [6.45, 7) is 1.87. The summed E-state index contributed by atoms with van der Waals surface area (Å²) in [4.78, 5) is 4.38. The van der Waals surface area contributed by atoms with Crippen molar-refractivity contribution < 1.29 is 4.39 Å². The number of aromatic nitrogens is 1. The number of rotatable bonds is 2. The Bertz CT molecular complexity index is 912. The molecular formula is C19H14FN3. The molecule has 0 atom stereocenters. The second-order valence-corrected chi connectivity index (χ2v) is 5.21. The van der Waals surface area contributed by atoms with Crippen LogP contribution < -0.4 is 5.73 Å². The van der Waals surface area contributed by atoms with Gasteiger partial charge in [0.2, 0.25) is 0 Å². The first-order valence-corrected chi connectivity index (χ1v) is 7.13. The van der Waals surface area contributed by atoms with Crippen molar-refractivity contribution in [1.29, 1.82) is 5.26 Å². The fraction of sp³-hybridized carbons (Fsp3) is 0.0526. The number of nitriles is 1. The number of hydrogen-bond acceptors (Lipinski definition) is 3. The van der Waals surface area contributed by atoms with Gasteiger partial charge in [0.1, 0.15) is 23.3 Å². The van der Waals surface area contributed by atoms with Gasteiger partial charge in [-0.2, -0.15) is 5.26 Å². The van der Waals surface area contributed by atoms with E-state index in [0.717, 1.165) is 11.1 Å². The van der Waals surface area contributed by atoms with Crippen LogP contribution in [0.15, 0.2) is 54.6 Å². The summed E-state index contributed by atoms with van der Waals surface area (Å²) in [6, 6.07) is 17.8. The van der Waals surface area contributed by atoms with E-state index >= 15 is 0 Å². The molecule has 0 radical (unpaired) electrons. The Morgan fingerprint density at radius 1 is 1.04 bits per heavy atom. The minimum absolute atomic E-state index is 0.149. The Morgan fingerprint density at radius 3 is 2.39 bits per heavy atom. The molecule has 0 aliphatic heterocycles. The number of benzene rings is 2. The molecule has 1 heterocycles. The van der Waals surface area contributed by atoms with Crippen LogP contribution in [0.25, 0.3) is 22.4 Å². The maximum Gasteiger partial charge on any atom is 0.142 e. The lowest BCUT2D eigenvalue weighted by atomic mass is 9.93. The van der Waals surface area contributed by atoms with E-state index in [0.29, 0.717) is 16.8 Å². The van der Waals surface area contributed by atoms with Crippen molar-refractivity contribution in [2.75, 3.05) is 5.73 Å². The minimum Gasteiger partial charge on any atom is -0.383 e. The third-order valence-corrected chi connectivity index (χ3v) is 3.74. The van der Waals surface area contributed by atoms with E-state index in [4.69, 9.17) is 5.73 Å². The first-order valence-electron chi connectivity index (χ1n) is 7.13. The first kappa shape index (κ1) is 14.7. The molecule has 4 heteroatoms. The zero-order valence-electron chi connectivity index (χ0n) is 12.5. The lowest BCUT2D eigenvalue weighted by molar-refractivity contribution is 0.628. The molecule has 2 aromatic carbocycles. The molecule has 0 aliphatic rings. The van der Waals surface area contributed by atoms with Crippen LogP contribution >= 0.6 is 0 Å². The molecule has 0 fully saturated rings. The molecule has 0 aliphatic carbocycles. The quantitative estimate of drug-likeness (QED) is 0.767. The van der Waals surface area contributed by atoms with Gasteiger partial charge in [0, 0.05) is 11.1 Å². The summed E-state index contributed by atoms with van der Waals surface area (Å²) in [7, 11) is 0. The summed E-state index contributed by atoms with van der Waals surface area (Å²) in [5, 5.41) is 9.45. The average molecular weight is 303 g/mol. The number of nitrogens with two attached hydrogens (primary N) is 1. The van der Waals surface area contributed by atoms with Crippen LogP contribution in [-0.4, -0.2) is 4.98 Å². The Balaban J connectivity index is 2.34. The molecular weight excluding hydrogens is 289 g/mol. The van der Waals surface area contributed by atoms with Crippen LogP contribution in [0.2, 0.25) is 0 Å². The van der Waals surface area contributed by atoms with Crippen LogP contribution in [0.4, 0.5) is 10.2 Å². The van der Waals surface area contributed by atoms with E-state index in [1.54, 1.807) is 12.1 Å². The molecule has 3 nitrogen and oxygen atoms in total. The number of nitrogens with zero attached hydrogens (tertiary/aromatic N) is 2. The van der Waals surface area contributed by atoms with Gasteiger partial charge in [-0.15, -0.1) is 0 Å². The van der Waals surface area contributed by atoms with E-state index < -0.39 is 0 Å². The number of halogens is 1. The standard InChI is InChI=1S/C19H14FN3/c1-12-17(14-8-5-9-15(20)10-14)16(11-21)19(22)23-18(12)13-6-3-2-4-7-13/h2-10H,1H3,(H2,22,23). The number of nitrogen functional groups attached to an aromatic ring is 1. The number of anilines is 1. The highest BCUT2D eigenvalue weighted by atomic mass is 19.1. The van der Waals surface area contributed by atoms with Gasteiger partial charge in [0.05, 0.1) is 5.69 Å². The molecule has 3 aromatic rings. The van der Waals surface area contributed by atoms with Crippen molar-refractivity contribution in [3.05, 3.63) is 71.5 Å². The summed E-state index contributed by atoms with van der Waals surface area (Å²) in [5.74, 6) is -0.210. The van der Waals surface area contributed by atoms with Crippen molar-refractivity contribution in [2.24, 2.45) is 0 Å². The topological polar surface area (TPSA) is 62.7 Å². The molecule has 3 rings (SSSR count). The summed E-state index contributed by atoms with van der Waals surface area (Å²) in [6.07, 6.45) is 0. The molecule has 0 spiro atoms. The maximum atomic E-state index is 13.6. The molecule has 112 valence electrons. The van der Waals surface area contributed by atoms with Gasteiger partial charge < -0.3 is 5.73 Å². The van der Waals surface area contributed by atoms with Crippen molar-refractivity contribution in [1.82, 2.24) is 4.98 Å². The first-order chi connectivity index (χ1) is 11.1. The maximum absolute atomic E-state index is 13.6. The summed E-state index contributed by atoms with van der Waals surface area (Å²) >= 11 is 0. The Kier molecular flexibility index (Phi) is 3.78. The predicted octanol–water partition coefficient (Wildman–Crippen LogP) is 4.32. The highest BCUT2D eigenvalue weighted by molar-refractivity contribution is 5.84. The van der Waals surface area contributed by atoms with Gasteiger partial charge in [-0.05, 0) is 30.2 Å². The van der Waals surface area contributed by atoms with Crippen LogP contribution in [0.5, 0.6) is 0 Å². The highest BCUT2D eigenvalue weighted by Crippen LogP contribution is 2.35. The van der Waals surface area contributed by atoms with E-state index in [-0.39, 0.29) is 17.2 Å². The molecule has 0 saturated heterocycles. The largest absolute Gasteiger partial charge is 0.383 e. The normalized spacial score (nSPS) is 10.3. The lowest BCUT2D eigenvalue weighted by Crippen LogP contribution is -2.03. The molecule has 0 bridgehead atoms. The Hall–Kier alpha value is -3.19.